The molecular formula is C27H46O3. The van der Waals surface area contributed by atoms with Gasteiger partial charge in [-0.2, -0.15) is 0 Å². The summed E-state index contributed by atoms with van der Waals surface area (Å²) >= 11 is 0. The van der Waals surface area contributed by atoms with E-state index in [1.54, 1.807) is 5.57 Å². The third-order valence-corrected chi connectivity index (χ3v) is 10.1. The van der Waals surface area contributed by atoms with Gasteiger partial charge < -0.3 is 10.2 Å². The van der Waals surface area contributed by atoms with Crippen LogP contribution in [0.5, 0.6) is 0 Å². The van der Waals surface area contributed by atoms with Crippen molar-refractivity contribution in [3.8, 4) is 0 Å². The van der Waals surface area contributed by atoms with Crippen LogP contribution in [-0.4, -0.2) is 22.8 Å². The molecule has 3 nitrogen and oxygen atoms in total. The monoisotopic (exact) mass is 418 g/mol. The molecule has 7 unspecified atom stereocenters. The second-order valence-electron chi connectivity index (χ2n) is 11.5. The van der Waals surface area contributed by atoms with Gasteiger partial charge in [0.1, 0.15) is 0 Å². The Balaban J connectivity index is 0.000000806. The summed E-state index contributed by atoms with van der Waals surface area (Å²) in [6, 6.07) is 0. The predicted molar refractivity (Wildman–Crippen MR) is 123 cm³/mol. The van der Waals surface area contributed by atoms with E-state index in [2.05, 4.69) is 33.8 Å². The minimum Gasteiger partial charge on any atom is -0.483 e. The molecule has 0 saturated heterocycles. The first-order chi connectivity index (χ1) is 14.3. The quantitative estimate of drug-likeness (QED) is 0.292. The van der Waals surface area contributed by atoms with Crippen LogP contribution in [0.15, 0.2) is 11.6 Å². The van der Waals surface area contributed by atoms with Crippen molar-refractivity contribution in [3.63, 3.8) is 0 Å². The fourth-order valence-electron chi connectivity index (χ4n) is 8.53. The summed E-state index contributed by atoms with van der Waals surface area (Å²) in [5.41, 5.74) is 2.62. The molecule has 0 aliphatic heterocycles. The standard InChI is InChI=1S/C26H44O.CH2O2/c1-5-6-7-8-18(2)22-11-12-23-21-10-9-19-17-20(27)13-15-25(19,3)24(21)14-16-26(22,23)4;2-1-3/h9,18,20-24,27H,5-8,10-17H2,1-4H3;1H,(H,2,3)/t18-,20?,21?,22?,23?,24?,25?,26?;/m1./s1. The van der Waals surface area contributed by atoms with Gasteiger partial charge in [0.05, 0.1) is 6.10 Å². The summed E-state index contributed by atoms with van der Waals surface area (Å²) < 4.78 is 0. The molecule has 0 amide bonds. The number of carbonyl (C=O) groups is 1. The van der Waals surface area contributed by atoms with Crippen molar-refractivity contribution < 1.29 is 15.0 Å². The molecule has 0 aromatic rings. The molecule has 30 heavy (non-hydrogen) atoms. The molecule has 0 heterocycles. The highest BCUT2D eigenvalue weighted by atomic mass is 16.3. The van der Waals surface area contributed by atoms with E-state index in [1.165, 1.54) is 64.2 Å². The molecule has 0 bridgehead atoms. The summed E-state index contributed by atoms with van der Waals surface area (Å²) in [7, 11) is 0. The van der Waals surface area contributed by atoms with Gasteiger partial charge in [0.15, 0.2) is 0 Å². The van der Waals surface area contributed by atoms with E-state index < -0.39 is 0 Å². The van der Waals surface area contributed by atoms with Crippen molar-refractivity contribution >= 4 is 6.47 Å². The minimum atomic E-state index is -0.250. The van der Waals surface area contributed by atoms with Gasteiger partial charge in [0.2, 0.25) is 0 Å². The van der Waals surface area contributed by atoms with Crippen LogP contribution in [0.25, 0.3) is 0 Å². The maximum absolute atomic E-state index is 10.2. The van der Waals surface area contributed by atoms with Gasteiger partial charge in [-0.15, -0.1) is 0 Å². The predicted octanol–water partition coefficient (Wildman–Crippen LogP) is 6.84. The second kappa shape index (κ2) is 9.76. The van der Waals surface area contributed by atoms with Crippen LogP contribution in [0.4, 0.5) is 0 Å². The number of hydrogen-bond acceptors (Lipinski definition) is 2. The van der Waals surface area contributed by atoms with Gasteiger partial charge in [-0.25, -0.2) is 0 Å². The van der Waals surface area contributed by atoms with Gasteiger partial charge in [0, 0.05) is 0 Å². The zero-order chi connectivity index (χ0) is 21.9. The highest BCUT2D eigenvalue weighted by molar-refractivity contribution is 5.32. The average Bonchev–Trinajstić information content (AvgIpc) is 3.06. The zero-order valence-corrected chi connectivity index (χ0v) is 19.9. The van der Waals surface area contributed by atoms with Crippen molar-refractivity contribution in [1.29, 1.82) is 0 Å². The smallest absolute Gasteiger partial charge is 0.290 e. The maximum atomic E-state index is 10.2. The molecule has 2 N–H and O–H groups in total. The fraction of sp³-hybridized carbons (Fsp3) is 0.889. The summed E-state index contributed by atoms with van der Waals surface area (Å²) in [5, 5.41) is 17.1. The molecule has 0 aromatic heterocycles. The summed E-state index contributed by atoms with van der Waals surface area (Å²) in [5.74, 6) is 4.64. The molecular weight excluding hydrogens is 372 g/mol. The molecule has 172 valence electrons. The summed E-state index contributed by atoms with van der Waals surface area (Å²) in [6.45, 7) is 9.90. The third-order valence-electron chi connectivity index (χ3n) is 10.1. The molecule has 4 aliphatic rings. The van der Waals surface area contributed by atoms with Crippen molar-refractivity contribution in [1.82, 2.24) is 0 Å². The fourth-order valence-corrected chi connectivity index (χ4v) is 8.53. The SMILES string of the molecule is CCCCC[C@@H](C)C1CCC2C3CC=C4CC(O)CCC4(C)C3CCC21C.O=CO. The lowest BCUT2D eigenvalue weighted by Crippen LogP contribution is -2.50. The number of unbranched alkanes of at least 4 members (excludes halogenated alkanes) is 2. The number of rotatable bonds is 5. The van der Waals surface area contributed by atoms with Gasteiger partial charge in [-0.05, 0) is 91.8 Å². The first-order valence-electron chi connectivity index (χ1n) is 12.8. The Labute approximate surface area is 184 Å². The number of aliphatic hydroxyl groups excluding tert-OH is 1. The van der Waals surface area contributed by atoms with E-state index in [9.17, 15) is 5.11 Å². The Morgan fingerprint density at radius 1 is 1.13 bits per heavy atom. The Hall–Kier alpha value is -0.830. The molecule has 3 heteroatoms. The van der Waals surface area contributed by atoms with Crippen LogP contribution in [0.1, 0.15) is 105 Å². The van der Waals surface area contributed by atoms with E-state index >= 15 is 0 Å². The third kappa shape index (κ3) is 4.25. The van der Waals surface area contributed by atoms with Crippen LogP contribution in [0.3, 0.4) is 0 Å². The van der Waals surface area contributed by atoms with E-state index in [-0.39, 0.29) is 12.6 Å². The van der Waals surface area contributed by atoms with E-state index in [0.29, 0.717) is 10.8 Å². The molecule has 3 saturated carbocycles. The lowest BCUT2D eigenvalue weighted by atomic mass is 9.47. The lowest BCUT2D eigenvalue weighted by Gasteiger charge is -2.58. The number of fused-ring (bicyclic) bond motifs is 5. The van der Waals surface area contributed by atoms with E-state index in [0.717, 1.165) is 42.4 Å². The topological polar surface area (TPSA) is 57.5 Å². The Bertz CT molecular complexity index is 613. The van der Waals surface area contributed by atoms with Crippen molar-refractivity contribution in [3.05, 3.63) is 11.6 Å². The lowest BCUT2D eigenvalue weighted by molar-refractivity contribution is -0.122. The van der Waals surface area contributed by atoms with Crippen molar-refractivity contribution in [2.75, 3.05) is 0 Å². The molecule has 8 atom stereocenters. The Kier molecular flexibility index (Phi) is 7.75. The summed E-state index contributed by atoms with van der Waals surface area (Å²) in [4.78, 5) is 8.36. The molecule has 4 rings (SSSR count). The first kappa shape index (κ1) is 23.8. The summed E-state index contributed by atoms with van der Waals surface area (Å²) in [6.07, 6.45) is 18.6. The highest BCUT2D eigenvalue weighted by Gasteiger charge is 2.58. The Morgan fingerprint density at radius 2 is 1.87 bits per heavy atom. The van der Waals surface area contributed by atoms with Crippen LogP contribution < -0.4 is 0 Å². The van der Waals surface area contributed by atoms with Gasteiger partial charge in [-0.3, -0.25) is 4.79 Å². The molecule has 4 aliphatic carbocycles. The zero-order valence-electron chi connectivity index (χ0n) is 19.9. The molecule has 0 spiro atoms. The van der Waals surface area contributed by atoms with Gasteiger partial charge >= 0.3 is 0 Å². The van der Waals surface area contributed by atoms with Crippen LogP contribution in [0, 0.1) is 40.4 Å². The number of allylic oxidation sites excluding steroid dienone is 1. The van der Waals surface area contributed by atoms with E-state index in [4.69, 9.17) is 9.90 Å². The molecule has 0 aromatic carbocycles. The number of hydrogen-bond donors (Lipinski definition) is 2. The van der Waals surface area contributed by atoms with Crippen molar-refractivity contribution in [2.45, 2.75) is 111 Å². The largest absolute Gasteiger partial charge is 0.483 e. The average molecular weight is 419 g/mol. The second-order valence-corrected chi connectivity index (χ2v) is 11.5. The molecule has 0 radical (unpaired) electrons. The number of aliphatic hydroxyl groups is 1. The molecule has 3 fully saturated rings. The van der Waals surface area contributed by atoms with E-state index in [1.807, 2.05) is 0 Å². The number of carboxylic acid groups (broad SMARTS) is 1. The van der Waals surface area contributed by atoms with Crippen molar-refractivity contribution in [2.24, 2.45) is 40.4 Å². The van der Waals surface area contributed by atoms with Crippen LogP contribution in [0.2, 0.25) is 0 Å². The van der Waals surface area contributed by atoms with Gasteiger partial charge in [-0.1, -0.05) is 65.0 Å². The van der Waals surface area contributed by atoms with Crippen LogP contribution in [-0.2, 0) is 4.79 Å². The minimum absolute atomic E-state index is 0.0745. The highest BCUT2D eigenvalue weighted by Crippen LogP contribution is 2.67. The maximum Gasteiger partial charge on any atom is 0.290 e. The van der Waals surface area contributed by atoms with Gasteiger partial charge in [0.25, 0.3) is 6.47 Å². The van der Waals surface area contributed by atoms with Crippen LogP contribution >= 0.6 is 0 Å². The first-order valence-corrected chi connectivity index (χ1v) is 12.8. The normalized spacial score (nSPS) is 43.2. The Morgan fingerprint density at radius 3 is 2.57 bits per heavy atom.